The lowest BCUT2D eigenvalue weighted by atomic mass is 9.95. The SMILES string of the molecule is CN(C)CCN1C(=O)C(=O)/C(=C(/O)c2cccc([N+](=O)[O-])c2)C1c1cn(C)c2ccccc12. The number of fused-ring (bicyclic) bond motifs is 1. The number of nitro groups is 1. The van der Waals surface area contributed by atoms with Gasteiger partial charge in [-0.25, -0.2) is 0 Å². The summed E-state index contributed by atoms with van der Waals surface area (Å²) in [4.78, 5) is 40.2. The molecule has 1 fully saturated rings. The van der Waals surface area contributed by atoms with Gasteiger partial charge in [-0.15, -0.1) is 0 Å². The molecule has 33 heavy (non-hydrogen) atoms. The zero-order valence-electron chi connectivity index (χ0n) is 18.6. The van der Waals surface area contributed by atoms with Crippen molar-refractivity contribution in [3.8, 4) is 0 Å². The number of aromatic nitrogens is 1. The molecule has 1 aliphatic heterocycles. The molecular weight excluding hydrogens is 424 g/mol. The number of hydrogen-bond donors (Lipinski definition) is 1. The van der Waals surface area contributed by atoms with Crippen molar-refractivity contribution in [3.05, 3.63) is 81.5 Å². The van der Waals surface area contributed by atoms with E-state index in [0.29, 0.717) is 12.1 Å². The lowest BCUT2D eigenvalue weighted by Crippen LogP contribution is -2.35. The molecule has 1 aromatic heterocycles. The van der Waals surface area contributed by atoms with Crippen LogP contribution >= 0.6 is 0 Å². The number of Topliss-reactive ketones (excluding diaryl/α,β-unsaturated/α-hetero) is 1. The largest absolute Gasteiger partial charge is 0.507 e. The Labute approximate surface area is 190 Å². The van der Waals surface area contributed by atoms with E-state index >= 15 is 0 Å². The van der Waals surface area contributed by atoms with Crippen LogP contribution in [0.3, 0.4) is 0 Å². The van der Waals surface area contributed by atoms with Crippen LogP contribution in [0, 0.1) is 10.1 Å². The molecule has 2 heterocycles. The van der Waals surface area contributed by atoms with E-state index in [9.17, 15) is 24.8 Å². The third-order valence-electron chi connectivity index (χ3n) is 5.88. The number of benzene rings is 2. The number of carbonyl (C=O) groups is 2. The van der Waals surface area contributed by atoms with Crippen molar-refractivity contribution in [1.82, 2.24) is 14.4 Å². The fraction of sp³-hybridized carbons (Fsp3) is 0.250. The number of hydrogen-bond acceptors (Lipinski definition) is 6. The first-order chi connectivity index (χ1) is 15.7. The first kappa shape index (κ1) is 22.2. The van der Waals surface area contributed by atoms with Gasteiger partial charge in [-0.3, -0.25) is 19.7 Å². The molecule has 9 nitrogen and oxygen atoms in total. The Bertz CT molecular complexity index is 1310. The monoisotopic (exact) mass is 448 g/mol. The second kappa shape index (κ2) is 8.51. The molecule has 1 N–H and O–H groups in total. The summed E-state index contributed by atoms with van der Waals surface area (Å²) in [7, 11) is 5.61. The number of likely N-dealkylation sites (N-methyl/N-ethyl adjacent to an activating group) is 1. The summed E-state index contributed by atoms with van der Waals surface area (Å²) in [5.74, 6) is -1.94. The molecule has 0 spiro atoms. The standard InChI is InChI=1S/C24H24N4O5/c1-25(2)11-12-27-21(18-14-26(3)19-10-5-4-9-17(18)19)20(23(30)24(27)31)22(29)15-7-6-8-16(13-15)28(32)33/h4-10,13-14,21,29H,11-12H2,1-3H3/b22-20+. The van der Waals surface area contributed by atoms with E-state index in [1.54, 1.807) is 0 Å². The van der Waals surface area contributed by atoms with E-state index in [-0.39, 0.29) is 23.4 Å². The number of aliphatic hydroxyl groups is 1. The Morgan fingerprint density at radius 2 is 1.88 bits per heavy atom. The number of carbonyl (C=O) groups excluding carboxylic acids is 2. The van der Waals surface area contributed by atoms with Gasteiger partial charge in [0.15, 0.2) is 0 Å². The van der Waals surface area contributed by atoms with Gasteiger partial charge >= 0.3 is 0 Å². The third-order valence-corrected chi connectivity index (χ3v) is 5.88. The van der Waals surface area contributed by atoms with Gasteiger partial charge in [-0.1, -0.05) is 30.3 Å². The second-order valence-corrected chi connectivity index (χ2v) is 8.32. The van der Waals surface area contributed by atoms with Crippen molar-refractivity contribution < 1.29 is 19.6 Å². The molecule has 0 bridgehead atoms. The number of non-ortho nitro benzene ring substituents is 1. The van der Waals surface area contributed by atoms with Gasteiger partial charge in [0, 0.05) is 60.5 Å². The summed E-state index contributed by atoms with van der Waals surface area (Å²) >= 11 is 0. The van der Waals surface area contributed by atoms with Gasteiger partial charge in [-0.05, 0) is 20.2 Å². The molecule has 1 atom stereocenters. The lowest BCUT2D eigenvalue weighted by molar-refractivity contribution is -0.384. The number of aryl methyl sites for hydroxylation is 1. The Morgan fingerprint density at radius 1 is 1.15 bits per heavy atom. The number of para-hydroxylation sites is 1. The maximum atomic E-state index is 13.2. The van der Waals surface area contributed by atoms with Gasteiger partial charge in [0.1, 0.15) is 5.76 Å². The zero-order chi connectivity index (χ0) is 23.9. The van der Waals surface area contributed by atoms with Crippen LogP contribution in [0.1, 0.15) is 17.2 Å². The van der Waals surface area contributed by atoms with Crippen LogP contribution in [-0.2, 0) is 16.6 Å². The van der Waals surface area contributed by atoms with Gasteiger partial charge in [-0.2, -0.15) is 0 Å². The van der Waals surface area contributed by atoms with E-state index in [4.69, 9.17) is 0 Å². The molecule has 1 saturated heterocycles. The summed E-state index contributed by atoms with van der Waals surface area (Å²) < 4.78 is 1.91. The minimum Gasteiger partial charge on any atom is -0.507 e. The number of nitrogens with zero attached hydrogens (tertiary/aromatic N) is 4. The Kier molecular flexibility index (Phi) is 5.73. The summed E-state index contributed by atoms with van der Waals surface area (Å²) in [6, 6.07) is 12.2. The Hall–Kier alpha value is -3.98. The van der Waals surface area contributed by atoms with E-state index in [0.717, 1.165) is 10.9 Å². The number of likely N-dealkylation sites (tertiary alicyclic amines) is 1. The highest BCUT2D eigenvalue weighted by Crippen LogP contribution is 2.42. The summed E-state index contributed by atoms with van der Waals surface area (Å²) in [5, 5.41) is 23.2. The highest BCUT2D eigenvalue weighted by Gasteiger charge is 2.46. The van der Waals surface area contributed by atoms with Crippen LogP contribution in [0.15, 0.2) is 60.3 Å². The van der Waals surface area contributed by atoms with E-state index in [1.165, 1.54) is 29.2 Å². The van der Waals surface area contributed by atoms with Crippen molar-refractivity contribution in [2.45, 2.75) is 6.04 Å². The van der Waals surface area contributed by atoms with Crippen molar-refractivity contribution in [1.29, 1.82) is 0 Å². The number of aliphatic hydroxyl groups excluding tert-OH is 1. The predicted molar refractivity (Wildman–Crippen MR) is 124 cm³/mol. The minimum absolute atomic E-state index is 0.0735. The van der Waals surface area contributed by atoms with Crippen LogP contribution in [-0.4, -0.2) is 63.3 Å². The Balaban J connectivity index is 1.95. The van der Waals surface area contributed by atoms with Crippen LogP contribution in [0.4, 0.5) is 5.69 Å². The molecule has 0 radical (unpaired) electrons. The van der Waals surface area contributed by atoms with Crippen molar-refractivity contribution in [2.75, 3.05) is 27.2 Å². The van der Waals surface area contributed by atoms with Gasteiger partial charge < -0.3 is 19.5 Å². The highest BCUT2D eigenvalue weighted by molar-refractivity contribution is 6.46. The summed E-state index contributed by atoms with van der Waals surface area (Å²) in [6.07, 6.45) is 1.85. The second-order valence-electron chi connectivity index (χ2n) is 8.32. The van der Waals surface area contributed by atoms with E-state index in [1.807, 2.05) is 61.1 Å². The van der Waals surface area contributed by atoms with Crippen molar-refractivity contribution in [3.63, 3.8) is 0 Å². The molecule has 2 aromatic carbocycles. The molecule has 9 heteroatoms. The van der Waals surface area contributed by atoms with E-state index < -0.39 is 28.4 Å². The maximum Gasteiger partial charge on any atom is 0.295 e. The number of amides is 1. The topological polar surface area (TPSA) is 109 Å². The molecule has 0 aliphatic carbocycles. The van der Waals surface area contributed by atoms with Crippen LogP contribution in [0.5, 0.6) is 0 Å². The predicted octanol–water partition coefficient (Wildman–Crippen LogP) is 3.07. The Morgan fingerprint density at radius 3 is 2.58 bits per heavy atom. The molecule has 1 unspecified atom stereocenters. The van der Waals surface area contributed by atoms with Gasteiger partial charge in [0.25, 0.3) is 17.4 Å². The highest BCUT2D eigenvalue weighted by atomic mass is 16.6. The fourth-order valence-corrected chi connectivity index (χ4v) is 4.25. The lowest BCUT2D eigenvalue weighted by Gasteiger charge is -2.26. The van der Waals surface area contributed by atoms with Crippen LogP contribution in [0.25, 0.3) is 16.7 Å². The quantitative estimate of drug-likeness (QED) is 0.204. The number of nitro benzene ring substituents is 1. The van der Waals surface area contributed by atoms with Crippen LogP contribution in [0.2, 0.25) is 0 Å². The van der Waals surface area contributed by atoms with Crippen LogP contribution < -0.4 is 0 Å². The molecule has 1 amide bonds. The molecule has 4 rings (SSSR count). The third kappa shape index (κ3) is 3.87. The van der Waals surface area contributed by atoms with Crippen molar-refractivity contribution >= 4 is 34.0 Å². The number of ketones is 1. The minimum atomic E-state index is -0.824. The van der Waals surface area contributed by atoms with E-state index in [2.05, 4.69) is 0 Å². The summed E-state index contributed by atoms with van der Waals surface area (Å²) in [6.45, 7) is 0.794. The zero-order valence-corrected chi connectivity index (χ0v) is 18.6. The smallest absolute Gasteiger partial charge is 0.295 e. The van der Waals surface area contributed by atoms with Gasteiger partial charge in [0.05, 0.1) is 16.5 Å². The summed E-state index contributed by atoms with van der Waals surface area (Å²) in [5.41, 5.74) is 1.44. The van der Waals surface area contributed by atoms with Gasteiger partial charge in [0.2, 0.25) is 0 Å². The maximum absolute atomic E-state index is 13.2. The normalized spacial score (nSPS) is 17.9. The first-order valence-electron chi connectivity index (χ1n) is 10.4. The average Bonchev–Trinajstić information content (AvgIpc) is 3.25. The van der Waals surface area contributed by atoms with Crippen molar-refractivity contribution in [2.24, 2.45) is 7.05 Å². The molecule has 1 aliphatic rings. The fourth-order valence-electron chi connectivity index (χ4n) is 4.25. The number of rotatable bonds is 6. The molecule has 3 aromatic rings. The average molecular weight is 448 g/mol. The molecular formula is C24H24N4O5. The molecule has 170 valence electrons. The molecule has 0 saturated carbocycles. The first-order valence-corrected chi connectivity index (χ1v) is 10.4.